The van der Waals surface area contributed by atoms with E-state index in [0.29, 0.717) is 24.6 Å². The van der Waals surface area contributed by atoms with Crippen molar-refractivity contribution in [3.8, 4) is 11.5 Å². The maximum Gasteiger partial charge on any atom is 0.267 e. The van der Waals surface area contributed by atoms with E-state index in [0.717, 1.165) is 13.1 Å². The first-order chi connectivity index (χ1) is 12.2. The number of hydrogen-bond acceptors (Lipinski definition) is 4. The van der Waals surface area contributed by atoms with Gasteiger partial charge in [-0.25, -0.2) is 0 Å². The quantitative estimate of drug-likeness (QED) is 0.844. The Labute approximate surface area is 147 Å². The third-order valence-electron chi connectivity index (χ3n) is 4.80. The molecule has 130 valence electrons. The van der Waals surface area contributed by atoms with Crippen LogP contribution in [-0.2, 0) is 4.79 Å². The van der Waals surface area contributed by atoms with Crippen molar-refractivity contribution < 1.29 is 14.3 Å². The van der Waals surface area contributed by atoms with Crippen LogP contribution in [0.5, 0.6) is 11.5 Å². The topological polar surface area (TPSA) is 42.0 Å². The number of anilines is 1. The normalized spacial score (nSPS) is 22.6. The number of ether oxygens (including phenoxy) is 2. The van der Waals surface area contributed by atoms with E-state index in [1.807, 2.05) is 54.3 Å². The van der Waals surface area contributed by atoms with Gasteiger partial charge >= 0.3 is 0 Å². The summed E-state index contributed by atoms with van der Waals surface area (Å²) in [5, 5.41) is 0. The molecule has 4 rings (SSSR count). The second-order valence-electron chi connectivity index (χ2n) is 6.46. The molecule has 5 heteroatoms. The SMILES string of the molecule is CC1Oc2ccccc2OC1C(=O)N1CCN(c2ccccc2)CC1. The van der Waals surface area contributed by atoms with Crippen molar-refractivity contribution in [1.82, 2.24) is 4.90 Å². The lowest BCUT2D eigenvalue weighted by Crippen LogP contribution is -2.56. The van der Waals surface area contributed by atoms with Crippen LogP contribution in [0.25, 0.3) is 0 Å². The fourth-order valence-corrected chi connectivity index (χ4v) is 3.39. The number of carbonyl (C=O) groups is 1. The average Bonchev–Trinajstić information content (AvgIpc) is 2.68. The molecule has 0 saturated carbocycles. The van der Waals surface area contributed by atoms with Gasteiger partial charge in [-0.05, 0) is 31.2 Å². The molecule has 2 aliphatic rings. The van der Waals surface area contributed by atoms with Crippen LogP contribution >= 0.6 is 0 Å². The molecule has 2 heterocycles. The van der Waals surface area contributed by atoms with Gasteiger partial charge in [0.25, 0.3) is 5.91 Å². The predicted molar refractivity (Wildman–Crippen MR) is 96.2 cm³/mol. The minimum atomic E-state index is -0.585. The van der Waals surface area contributed by atoms with E-state index in [4.69, 9.17) is 9.47 Å². The molecule has 1 amide bonds. The third kappa shape index (κ3) is 3.14. The van der Waals surface area contributed by atoms with Crippen molar-refractivity contribution >= 4 is 11.6 Å². The predicted octanol–water partition coefficient (Wildman–Crippen LogP) is 2.56. The largest absolute Gasteiger partial charge is 0.482 e. The summed E-state index contributed by atoms with van der Waals surface area (Å²) in [6.07, 6.45) is -0.882. The van der Waals surface area contributed by atoms with Gasteiger partial charge in [-0.3, -0.25) is 4.79 Å². The number of para-hydroxylation sites is 3. The summed E-state index contributed by atoms with van der Waals surface area (Å²) in [5.41, 5.74) is 1.20. The third-order valence-corrected chi connectivity index (χ3v) is 4.80. The number of piperazine rings is 1. The first-order valence-electron chi connectivity index (χ1n) is 8.73. The molecule has 0 radical (unpaired) electrons. The summed E-state index contributed by atoms with van der Waals surface area (Å²) in [6.45, 7) is 4.94. The molecule has 0 aliphatic carbocycles. The van der Waals surface area contributed by atoms with Crippen molar-refractivity contribution in [1.29, 1.82) is 0 Å². The molecule has 2 aromatic rings. The Morgan fingerprint density at radius 3 is 2.16 bits per heavy atom. The van der Waals surface area contributed by atoms with Crippen molar-refractivity contribution in [3.05, 3.63) is 54.6 Å². The number of rotatable bonds is 2. The van der Waals surface area contributed by atoms with Crippen molar-refractivity contribution in [3.63, 3.8) is 0 Å². The van der Waals surface area contributed by atoms with Gasteiger partial charge in [0.1, 0.15) is 6.10 Å². The highest BCUT2D eigenvalue weighted by Crippen LogP contribution is 2.34. The summed E-state index contributed by atoms with van der Waals surface area (Å²) in [4.78, 5) is 17.1. The van der Waals surface area contributed by atoms with Gasteiger partial charge in [-0.2, -0.15) is 0 Å². The van der Waals surface area contributed by atoms with E-state index < -0.39 is 6.10 Å². The molecule has 2 atom stereocenters. The number of benzene rings is 2. The fourth-order valence-electron chi connectivity index (χ4n) is 3.39. The molecule has 5 nitrogen and oxygen atoms in total. The molecule has 1 saturated heterocycles. The van der Waals surface area contributed by atoms with Crippen molar-refractivity contribution in [2.24, 2.45) is 0 Å². The van der Waals surface area contributed by atoms with E-state index in [1.54, 1.807) is 0 Å². The van der Waals surface area contributed by atoms with Crippen LogP contribution in [0.2, 0.25) is 0 Å². The van der Waals surface area contributed by atoms with Crippen LogP contribution in [0.4, 0.5) is 5.69 Å². The summed E-state index contributed by atoms with van der Waals surface area (Å²) in [7, 11) is 0. The Morgan fingerprint density at radius 2 is 1.48 bits per heavy atom. The van der Waals surface area contributed by atoms with Crippen LogP contribution < -0.4 is 14.4 Å². The number of fused-ring (bicyclic) bond motifs is 1. The summed E-state index contributed by atoms with van der Waals surface area (Å²) >= 11 is 0. The minimum absolute atomic E-state index is 0.00900. The van der Waals surface area contributed by atoms with Gasteiger partial charge in [0.2, 0.25) is 6.10 Å². The minimum Gasteiger partial charge on any atom is -0.482 e. The van der Waals surface area contributed by atoms with Crippen LogP contribution in [0.1, 0.15) is 6.92 Å². The van der Waals surface area contributed by atoms with Gasteiger partial charge in [0, 0.05) is 31.9 Å². The molecular formula is C20H22N2O3. The first kappa shape index (κ1) is 15.8. The molecule has 0 aromatic heterocycles. The monoisotopic (exact) mass is 338 g/mol. The number of nitrogens with zero attached hydrogens (tertiary/aromatic N) is 2. The Kier molecular flexibility index (Phi) is 4.22. The first-order valence-corrected chi connectivity index (χ1v) is 8.73. The molecule has 2 aliphatic heterocycles. The van der Waals surface area contributed by atoms with Gasteiger partial charge < -0.3 is 19.3 Å². The lowest BCUT2D eigenvalue weighted by atomic mass is 10.1. The molecular weight excluding hydrogens is 316 g/mol. The highest BCUT2D eigenvalue weighted by molar-refractivity contribution is 5.82. The maximum atomic E-state index is 12.9. The second-order valence-corrected chi connectivity index (χ2v) is 6.46. The molecule has 1 fully saturated rings. The molecule has 0 N–H and O–H groups in total. The fraction of sp³-hybridized carbons (Fsp3) is 0.350. The molecule has 2 unspecified atom stereocenters. The highest BCUT2D eigenvalue weighted by atomic mass is 16.6. The van der Waals surface area contributed by atoms with Crippen LogP contribution in [-0.4, -0.2) is 49.2 Å². The maximum absolute atomic E-state index is 12.9. The lowest BCUT2D eigenvalue weighted by Gasteiger charge is -2.39. The second kappa shape index (κ2) is 6.67. The van der Waals surface area contributed by atoms with E-state index in [-0.39, 0.29) is 12.0 Å². The van der Waals surface area contributed by atoms with Gasteiger partial charge in [0.15, 0.2) is 11.5 Å². The zero-order valence-corrected chi connectivity index (χ0v) is 14.3. The molecule has 2 aromatic carbocycles. The van der Waals surface area contributed by atoms with Crippen molar-refractivity contribution in [2.45, 2.75) is 19.1 Å². The zero-order valence-electron chi connectivity index (χ0n) is 14.3. The van der Waals surface area contributed by atoms with Crippen LogP contribution in [0.15, 0.2) is 54.6 Å². The van der Waals surface area contributed by atoms with Gasteiger partial charge in [-0.1, -0.05) is 30.3 Å². The average molecular weight is 338 g/mol. The lowest BCUT2D eigenvalue weighted by molar-refractivity contribution is -0.144. The number of carbonyl (C=O) groups excluding carboxylic acids is 1. The Hall–Kier alpha value is -2.69. The summed E-state index contributed by atoms with van der Waals surface area (Å²) in [5.74, 6) is 1.35. The molecule has 0 bridgehead atoms. The standard InChI is InChI=1S/C20H22N2O3/c1-15-19(25-18-10-6-5-9-17(18)24-15)20(23)22-13-11-21(12-14-22)16-7-3-2-4-8-16/h2-10,15,19H,11-14H2,1H3. The van der Waals surface area contributed by atoms with E-state index in [9.17, 15) is 4.79 Å². The summed E-state index contributed by atoms with van der Waals surface area (Å²) < 4.78 is 11.8. The smallest absolute Gasteiger partial charge is 0.267 e. The van der Waals surface area contributed by atoms with Crippen molar-refractivity contribution in [2.75, 3.05) is 31.1 Å². The Bertz CT molecular complexity index is 742. The highest BCUT2D eigenvalue weighted by Gasteiger charge is 2.37. The van der Waals surface area contributed by atoms with E-state index in [1.165, 1.54) is 5.69 Å². The zero-order chi connectivity index (χ0) is 17.2. The van der Waals surface area contributed by atoms with Gasteiger partial charge in [-0.15, -0.1) is 0 Å². The van der Waals surface area contributed by atoms with Crippen LogP contribution in [0, 0.1) is 0 Å². The van der Waals surface area contributed by atoms with E-state index in [2.05, 4.69) is 17.0 Å². The number of hydrogen-bond donors (Lipinski definition) is 0. The Morgan fingerprint density at radius 1 is 0.880 bits per heavy atom. The molecule has 0 spiro atoms. The Balaban J connectivity index is 1.41. The van der Waals surface area contributed by atoms with Gasteiger partial charge in [0.05, 0.1) is 0 Å². The van der Waals surface area contributed by atoms with E-state index >= 15 is 0 Å². The molecule has 25 heavy (non-hydrogen) atoms. The van der Waals surface area contributed by atoms with Crippen LogP contribution in [0.3, 0.4) is 0 Å². The number of amides is 1. The summed E-state index contributed by atoms with van der Waals surface area (Å²) in [6, 6.07) is 17.8.